The third-order valence-corrected chi connectivity index (χ3v) is 3.45. The van der Waals surface area contributed by atoms with Crippen LogP contribution in [-0.4, -0.2) is 30.9 Å². The molecule has 0 aromatic rings. The third-order valence-electron chi connectivity index (χ3n) is 3.45. The highest BCUT2D eigenvalue weighted by Crippen LogP contribution is 2.49. The summed E-state index contributed by atoms with van der Waals surface area (Å²) in [7, 11) is 2.19. The molecule has 1 aliphatic carbocycles. The Balaban J connectivity index is 2.31. The minimum absolute atomic E-state index is 0.351. The molecule has 1 saturated carbocycles. The first-order chi connectivity index (χ1) is 6.97. The van der Waals surface area contributed by atoms with Crippen LogP contribution in [0.5, 0.6) is 0 Å². The number of hydrogen-bond acceptors (Lipinski definition) is 2. The topological polar surface area (TPSA) is 53.1 Å². The van der Waals surface area contributed by atoms with Gasteiger partial charge in [0.1, 0.15) is 0 Å². The molecule has 0 aromatic heterocycles. The van der Waals surface area contributed by atoms with Gasteiger partial charge in [-0.25, -0.2) is 0 Å². The molecule has 1 atom stereocenters. The fourth-order valence-electron chi connectivity index (χ4n) is 2.27. The van der Waals surface area contributed by atoms with Crippen LogP contribution >= 0.6 is 0 Å². The summed E-state index contributed by atoms with van der Waals surface area (Å²) in [6, 6.07) is 0. The van der Waals surface area contributed by atoms with E-state index >= 15 is 0 Å². The van der Waals surface area contributed by atoms with E-state index in [1.54, 1.807) is 0 Å². The maximum atomic E-state index is 7.37. The first-order valence-electron chi connectivity index (χ1n) is 5.99. The molecule has 0 bridgehead atoms. The van der Waals surface area contributed by atoms with Gasteiger partial charge >= 0.3 is 0 Å². The van der Waals surface area contributed by atoms with Crippen molar-refractivity contribution in [1.29, 1.82) is 5.41 Å². The van der Waals surface area contributed by atoms with E-state index < -0.39 is 0 Å². The van der Waals surface area contributed by atoms with Crippen LogP contribution in [-0.2, 0) is 0 Å². The monoisotopic (exact) mass is 211 g/mol. The van der Waals surface area contributed by atoms with Crippen LogP contribution in [0.4, 0.5) is 0 Å². The molecule has 0 aromatic carbocycles. The summed E-state index contributed by atoms with van der Waals surface area (Å²) in [6.45, 7) is 6.80. The zero-order valence-corrected chi connectivity index (χ0v) is 10.3. The Morgan fingerprint density at radius 1 is 1.53 bits per heavy atom. The van der Waals surface area contributed by atoms with Crippen LogP contribution in [0.15, 0.2) is 0 Å². The number of amidine groups is 1. The zero-order chi connectivity index (χ0) is 11.5. The van der Waals surface area contributed by atoms with Gasteiger partial charge in [0.25, 0.3) is 0 Å². The van der Waals surface area contributed by atoms with Crippen molar-refractivity contribution >= 4 is 5.84 Å². The van der Waals surface area contributed by atoms with Gasteiger partial charge in [0.05, 0.1) is 5.84 Å². The lowest BCUT2D eigenvalue weighted by atomic mass is 10.0. The van der Waals surface area contributed by atoms with Gasteiger partial charge in [0, 0.05) is 19.5 Å². The largest absolute Gasteiger partial charge is 0.388 e. The fourth-order valence-corrected chi connectivity index (χ4v) is 2.27. The molecule has 0 amide bonds. The lowest BCUT2D eigenvalue weighted by Crippen LogP contribution is -2.32. The highest BCUT2D eigenvalue weighted by Gasteiger charge is 2.43. The maximum Gasteiger partial charge on any atom is 0.0911 e. The Morgan fingerprint density at radius 3 is 2.53 bits per heavy atom. The minimum Gasteiger partial charge on any atom is -0.388 e. The standard InChI is InChI=1S/C12H25N3/c1-4-10(2)8-15(3)9-12(5-6-12)7-11(13)14/h10H,4-9H2,1-3H3,(H3,13,14). The van der Waals surface area contributed by atoms with Crippen LogP contribution < -0.4 is 5.73 Å². The molecule has 0 aliphatic heterocycles. The first kappa shape index (κ1) is 12.5. The summed E-state index contributed by atoms with van der Waals surface area (Å²) in [4.78, 5) is 2.41. The van der Waals surface area contributed by atoms with Gasteiger partial charge in [0.15, 0.2) is 0 Å². The fraction of sp³-hybridized carbons (Fsp3) is 0.917. The van der Waals surface area contributed by atoms with Gasteiger partial charge in [0.2, 0.25) is 0 Å². The molecule has 3 heteroatoms. The number of hydrogen-bond donors (Lipinski definition) is 2. The molecule has 1 aliphatic rings. The molecule has 1 rings (SSSR count). The number of nitrogens with zero attached hydrogens (tertiary/aromatic N) is 1. The van der Waals surface area contributed by atoms with Gasteiger partial charge in [-0.2, -0.15) is 0 Å². The van der Waals surface area contributed by atoms with Crippen molar-refractivity contribution in [2.24, 2.45) is 17.1 Å². The van der Waals surface area contributed by atoms with Crippen molar-refractivity contribution in [1.82, 2.24) is 4.90 Å². The van der Waals surface area contributed by atoms with Crippen molar-refractivity contribution in [2.45, 2.75) is 39.5 Å². The highest BCUT2D eigenvalue weighted by molar-refractivity contribution is 5.78. The molecule has 0 spiro atoms. The normalized spacial score (nSPS) is 20.3. The van der Waals surface area contributed by atoms with E-state index in [4.69, 9.17) is 11.1 Å². The Morgan fingerprint density at radius 2 is 2.13 bits per heavy atom. The Bertz CT molecular complexity index is 221. The molecule has 15 heavy (non-hydrogen) atoms. The van der Waals surface area contributed by atoms with Crippen LogP contribution in [0.25, 0.3) is 0 Å². The quantitative estimate of drug-likeness (QED) is 0.500. The Labute approximate surface area is 93.5 Å². The van der Waals surface area contributed by atoms with E-state index in [1.807, 2.05) is 0 Å². The van der Waals surface area contributed by atoms with E-state index in [1.165, 1.54) is 19.3 Å². The van der Waals surface area contributed by atoms with Crippen molar-refractivity contribution in [3.63, 3.8) is 0 Å². The summed E-state index contributed by atoms with van der Waals surface area (Å²) in [6.07, 6.45) is 4.52. The second kappa shape index (κ2) is 4.97. The molecule has 3 N–H and O–H groups in total. The van der Waals surface area contributed by atoms with Gasteiger partial charge in [-0.15, -0.1) is 0 Å². The molecule has 0 radical (unpaired) electrons. The van der Waals surface area contributed by atoms with Gasteiger partial charge in [-0.05, 0) is 31.2 Å². The van der Waals surface area contributed by atoms with E-state index in [9.17, 15) is 0 Å². The van der Waals surface area contributed by atoms with Crippen molar-refractivity contribution in [3.8, 4) is 0 Å². The van der Waals surface area contributed by atoms with Crippen molar-refractivity contribution in [2.75, 3.05) is 20.1 Å². The average Bonchev–Trinajstić information content (AvgIpc) is 2.82. The van der Waals surface area contributed by atoms with Gasteiger partial charge < -0.3 is 10.6 Å². The average molecular weight is 211 g/mol. The smallest absolute Gasteiger partial charge is 0.0911 e. The second-order valence-corrected chi connectivity index (χ2v) is 5.41. The Hall–Kier alpha value is -0.570. The number of rotatable bonds is 7. The molecule has 0 saturated heterocycles. The van der Waals surface area contributed by atoms with Crippen molar-refractivity contribution in [3.05, 3.63) is 0 Å². The van der Waals surface area contributed by atoms with E-state index in [0.29, 0.717) is 11.3 Å². The lowest BCUT2D eigenvalue weighted by molar-refractivity contribution is 0.233. The number of nitrogens with two attached hydrogens (primary N) is 1. The summed E-state index contributed by atoms with van der Waals surface area (Å²) in [5, 5.41) is 7.37. The van der Waals surface area contributed by atoms with Crippen LogP contribution in [0.2, 0.25) is 0 Å². The van der Waals surface area contributed by atoms with Crippen LogP contribution in [0.1, 0.15) is 39.5 Å². The van der Waals surface area contributed by atoms with Crippen LogP contribution in [0, 0.1) is 16.7 Å². The molecule has 1 unspecified atom stereocenters. The minimum atomic E-state index is 0.351. The van der Waals surface area contributed by atoms with E-state index in [2.05, 4.69) is 25.8 Å². The molecular formula is C12H25N3. The van der Waals surface area contributed by atoms with Crippen LogP contribution in [0.3, 0.4) is 0 Å². The molecule has 3 nitrogen and oxygen atoms in total. The summed E-state index contributed by atoms with van der Waals surface area (Å²) < 4.78 is 0. The predicted molar refractivity (Wildman–Crippen MR) is 65.2 cm³/mol. The van der Waals surface area contributed by atoms with Gasteiger partial charge in [-0.3, -0.25) is 5.41 Å². The molecule has 0 heterocycles. The lowest BCUT2D eigenvalue weighted by Gasteiger charge is -2.25. The molecule has 1 fully saturated rings. The third kappa shape index (κ3) is 4.20. The maximum absolute atomic E-state index is 7.37. The molecule has 88 valence electrons. The Kier molecular flexibility index (Phi) is 4.14. The summed E-state index contributed by atoms with van der Waals surface area (Å²) >= 11 is 0. The molecular weight excluding hydrogens is 186 g/mol. The van der Waals surface area contributed by atoms with Crippen molar-refractivity contribution < 1.29 is 0 Å². The van der Waals surface area contributed by atoms with E-state index in [-0.39, 0.29) is 0 Å². The first-order valence-corrected chi connectivity index (χ1v) is 5.99. The van der Waals surface area contributed by atoms with Gasteiger partial charge in [-0.1, -0.05) is 20.3 Å². The highest BCUT2D eigenvalue weighted by atomic mass is 15.1. The number of nitrogens with one attached hydrogen (secondary N) is 1. The predicted octanol–water partition coefficient (Wildman–Crippen LogP) is 2.07. The van der Waals surface area contributed by atoms with E-state index in [0.717, 1.165) is 25.4 Å². The second-order valence-electron chi connectivity index (χ2n) is 5.41. The zero-order valence-electron chi connectivity index (χ0n) is 10.3. The summed E-state index contributed by atoms with van der Waals surface area (Å²) in [5.41, 5.74) is 5.84. The summed E-state index contributed by atoms with van der Waals surface area (Å²) in [5.74, 6) is 1.12. The SMILES string of the molecule is CCC(C)CN(C)CC1(CC(=N)N)CC1.